The van der Waals surface area contributed by atoms with Crippen LogP contribution in [0.25, 0.3) is 0 Å². The van der Waals surface area contributed by atoms with Gasteiger partial charge in [0.15, 0.2) is 0 Å². The van der Waals surface area contributed by atoms with Crippen LogP contribution in [0, 0.1) is 0 Å². The molecule has 0 aliphatic rings. The minimum absolute atomic E-state index is 0.0964. The molecule has 0 saturated carbocycles. The largest absolute Gasteiger partial charge is 0.331 e. The lowest BCUT2D eigenvalue weighted by Crippen LogP contribution is -2.31. The summed E-state index contributed by atoms with van der Waals surface area (Å²) < 4.78 is 0.922. The highest BCUT2D eigenvalue weighted by Gasteiger charge is 2.09. The Bertz CT molecular complexity index is 560. The van der Waals surface area contributed by atoms with Crippen LogP contribution in [0.3, 0.4) is 0 Å². The van der Waals surface area contributed by atoms with Crippen LogP contribution < -0.4 is 10.6 Å². The van der Waals surface area contributed by atoms with Crippen LogP contribution in [0.2, 0.25) is 0 Å². The first kappa shape index (κ1) is 13.5. The molecule has 0 spiro atoms. The third kappa shape index (κ3) is 4.06. The van der Waals surface area contributed by atoms with Crippen molar-refractivity contribution in [1.82, 2.24) is 10.3 Å². The molecule has 2 N–H and O–H groups in total. The molecule has 1 aromatic heterocycles. The summed E-state index contributed by atoms with van der Waals surface area (Å²) in [6, 6.07) is 10.9. The second-order valence-corrected chi connectivity index (χ2v) is 5.03. The van der Waals surface area contributed by atoms with Crippen LogP contribution >= 0.6 is 15.9 Å². The Morgan fingerprint density at radius 3 is 2.84 bits per heavy atom. The summed E-state index contributed by atoms with van der Waals surface area (Å²) in [5.41, 5.74) is 1.71. The number of pyridine rings is 1. The zero-order valence-corrected chi connectivity index (χ0v) is 12.0. The number of carbonyl (C=O) groups is 1. The third-order valence-electron chi connectivity index (χ3n) is 2.61. The summed E-state index contributed by atoms with van der Waals surface area (Å²) in [4.78, 5) is 15.9. The summed E-state index contributed by atoms with van der Waals surface area (Å²) in [5, 5.41) is 5.64. The third-order valence-corrected chi connectivity index (χ3v) is 3.11. The lowest BCUT2D eigenvalue weighted by molar-refractivity contribution is 0.249. The van der Waals surface area contributed by atoms with Crippen molar-refractivity contribution in [3.63, 3.8) is 0 Å². The van der Waals surface area contributed by atoms with Gasteiger partial charge in [-0.1, -0.05) is 28.1 Å². The monoisotopic (exact) mass is 319 g/mol. The molecule has 1 unspecified atom stereocenters. The molecule has 5 heteroatoms. The van der Waals surface area contributed by atoms with E-state index in [1.807, 2.05) is 43.3 Å². The number of hydrogen-bond donors (Lipinski definition) is 2. The van der Waals surface area contributed by atoms with Crippen molar-refractivity contribution in [2.45, 2.75) is 13.0 Å². The smallest absolute Gasteiger partial charge is 0.319 e. The van der Waals surface area contributed by atoms with E-state index in [4.69, 9.17) is 0 Å². The minimum Gasteiger partial charge on any atom is -0.331 e. The van der Waals surface area contributed by atoms with Crippen molar-refractivity contribution in [2.24, 2.45) is 0 Å². The Morgan fingerprint density at radius 1 is 1.32 bits per heavy atom. The van der Waals surface area contributed by atoms with Crippen LogP contribution in [0.15, 0.2) is 53.3 Å². The summed E-state index contributed by atoms with van der Waals surface area (Å²) >= 11 is 3.36. The van der Waals surface area contributed by atoms with Crippen molar-refractivity contribution >= 4 is 27.6 Å². The number of urea groups is 1. The molecule has 0 aliphatic heterocycles. The maximum Gasteiger partial charge on any atom is 0.319 e. The topological polar surface area (TPSA) is 54.0 Å². The predicted octanol–water partition coefficient (Wildman–Crippen LogP) is 3.73. The van der Waals surface area contributed by atoms with Crippen LogP contribution in [-0.4, -0.2) is 11.0 Å². The molecule has 1 aromatic carbocycles. The fraction of sp³-hybridized carbons (Fsp3) is 0.143. The highest BCUT2D eigenvalue weighted by molar-refractivity contribution is 9.10. The summed E-state index contributed by atoms with van der Waals surface area (Å²) in [6.07, 6.45) is 3.45. The second-order valence-electron chi connectivity index (χ2n) is 4.12. The van der Waals surface area contributed by atoms with Gasteiger partial charge in [-0.05, 0) is 36.8 Å². The number of nitrogens with zero attached hydrogens (tertiary/aromatic N) is 1. The highest BCUT2D eigenvalue weighted by Crippen LogP contribution is 2.16. The molecule has 2 aromatic rings. The SMILES string of the molecule is CC(NC(=O)Nc1cccc(Br)c1)c1cccnc1. The van der Waals surface area contributed by atoms with E-state index in [-0.39, 0.29) is 12.1 Å². The number of carbonyl (C=O) groups excluding carboxylic acids is 1. The summed E-state index contributed by atoms with van der Waals surface area (Å²) in [5.74, 6) is 0. The molecule has 2 rings (SSSR count). The van der Waals surface area contributed by atoms with Gasteiger partial charge < -0.3 is 10.6 Å². The van der Waals surface area contributed by atoms with Crippen LogP contribution in [-0.2, 0) is 0 Å². The quantitative estimate of drug-likeness (QED) is 0.905. The molecule has 19 heavy (non-hydrogen) atoms. The molecule has 2 amide bonds. The Kier molecular flexibility index (Phi) is 4.52. The van der Waals surface area contributed by atoms with E-state index in [0.717, 1.165) is 15.7 Å². The maximum absolute atomic E-state index is 11.8. The molecule has 4 nitrogen and oxygen atoms in total. The number of hydrogen-bond acceptors (Lipinski definition) is 2. The molecular weight excluding hydrogens is 306 g/mol. The molecule has 98 valence electrons. The van der Waals surface area contributed by atoms with Gasteiger partial charge in [0.05, 0.1) is 6.04 Å². The lowest BCUT2D eigenvalue weighted by Gasteiger charge is -2.14. The normalized spacial score (nSPS) is 11.7. The van der Waals surface area contributed by atoms with Gasteiger partial charge in [-0.25, -0.2) is 4.79 Å². The number of nitrogens with one attached hydrogen (secondary N) is 2. The fourth-order valence-corrected chi connectivity index (χ4v) is 2.04. The van der Waals surface area contributed by atoms with E-state index in [1.165, 1.54) is 0 Å². The molecular formula is C14H14BrN3O. The number of amides is 2. The number of rotatable bonds is 3. The van der Waals surface area contributed by atoms with Crippen molar-refractivity contribution in [1.29, 1.82) is 0 Å². The van der Waals surface area contributed by atoms with Crippen molar-refractivity contribution in [3.8, 4) is 0 Å². The predicted molar refractivity (Wildman–Crippen MR) is 78.9 cm³/mol. The first-order chi connectivity index (χ1) is 9.15. The van der Waals surface area contributed by atoms with Gasteiger partial charge in [-0.3, -0.25) is 4.98 Å². The van der Waals surface area contributed by atoms with Gasteiger partial charge in [-0.15, -0.1) is 0 Å². The molecule has 1 heterocycles. The highest BCUT2D eigenvalue weighted by atomic mass is 79.9. The van der Waals surface area contributed by atoms with Gasteiger partial charge in [-0.2, -0.15) is 0 Å². The maximum atomic E-state index is 11.8. The average molecular weight is 320 g/mol. The van der Waals surface area contributed by atoms with Gasteiger partial charge >= 0.3 is 6.03 Å². The van der Waals surface area contributed by atoms with Crippen molar-refractivity contribution in [2.75, 3.05) is 5.32 Å². The number of halogens is 1. The van der Waals surface area contributed by atoms with Crippen LogP contribution in [0.4, 0.5) is 10.5 Å². The van der Waals surface area contributed by atoms with E-state index in [1.54, 1.807) is 12.4 Å². The summed E-state index contributed by atoms with van der Waals surface area (Å²) in [6.45, 7) is 1.91. The molecule has 0 radical (unpaired) electrons. The zero-order chi connectivity index (χ0) is 13.7. The summed E-state index contributed by atoms with van der Waals surface area (Å²) in [7, 11) is 0. The molecule has 0 saturated heterocycles. The van der Waals surface area contributed by atoms with Gasteiger partial charge in [0, 0.05) is 22.6 Å². The van der Waals surface area contributed by atoms with E-state index in [0.29, 0.717) is 0 Å². The minimum atomic E-state index is -0.241. The van der Waals surface area contributed by atoms with Crippen LogP contribution in [0.5, 0.6) is 0 Å². The van der Waals surface area contributed by atoms with E-state index < -0.39 is 0 Å². The van der Waals surface area contributed by atoms with Crippen LogP contribution in [0.1, 0.15) is 18.5 Å². The standard InChI is InChI=1S/C14H14BrN3O/c1-10(11-4-3-7-16-9-11)17-14(19)18-13-6-2-5-12(15)8-13/h2-10H,1H3,(H2,17,18,19). The first-order valence-electron chi connectivity index (χ1n) is 5.88. The van der Waals surface area contributed by atoms with Crippen molar-refractivity contribution < 1.29 is 4.79 Å². The molecule has 0 bridgehead atoms. The molecule has 1 atom stereocenters. The van der Waals surface area contributed by atoms with E-state index in [2.05, 4.69) is 31.5 Å². The first-order valence-corrected chi connectivity index (χ1v) is 6.67. The Balaban J connectivity index is 1.95. The average Bonchev–Trinajstić information content (AvgIpc) is 2.39. The number of benzene rings is 1. The number of aromatic nitrogens is 1. The van der Waals surface area contributed by atoms with Gasteiger partial charge in [0.2, 0.25) is 0 Å². The Labute approximate surface area is 120 Å². The zero-order valence-electron chi connectivity index (χ0n) is 10.4. The fourth-order valence-electron chi connectivity index (χ4n) is 1.65. The van der Waals surface area contributed by atoms with Gasteiger partial charge in [0.1, 0.15) is 0 Å². The molecule has 0 fully saturated rings. The van der Waals surface area contributed by atoms with E-state index in [9.17, 15) is 4.79 Å². The Hall–Kier alpha value is -1.88. The molecule has 0 aliphatic carbocycles. The van der Waals surface area contributed by atoms with Gasteiger partial charge in [0.25, 0.3) is 0 Å². The number of anilines is 1. The second kappa shape index (κ2) is 6.33. The lowest BCUT2D eigenvalue weighted by atomic mass is 10.1. The van der Waals surface area contributed by atoms with E-state index >= 15 is 0 Å². The van der Waals surface area contributed by atoms with Crippen molar-refractivity contribution in [3.05, 3.63) is 58.8 Å². The Morgan fingerprint density at radius 2 is 2.16 bits per heavy atom.